The van der Waals surface area contributed by atoms with Crippen molar-refractivity contribution in [1.82, 2.24) is 10.9 Å². The number of carbonyl (C=O) groups is 1. The summed E-state index contributed by atoms with van der Waals surface area (Å²) < 4.78 is 5.76. The van der Waals surface area contributed by atoms with Crippen LogP contribution in [0.3, 0.4) is 0 Å². The molecule has 0 spiro atoms. The fraction of sp³-hybridized carbons (Fsp3) is 0.235. The lowest BCUT2D eigenvalue weighted by molar-refractivity contribution is -0.116. The molecule has 1 heterocycles. The van der Waals surface area contributed by atoms with Gasteiger partial charge in [0.15, 0.2) is 0 Å². The maximum atomic E-state index is 11.7. The molecule has 108 valence electrons. The second kappa shape index (κ2) is 5.58. The number of hydrogen-bond acceptors (Lipinski definition) is 3. The van der Waals surface area contributed by atoms with E-state index in [4.69, 9.17) is 4.74 Å². The molecule has 2 aromatic carbocycles. The molecule has 4 nitrogen and oxygen atoms in total. The van der Waals surface area contributed by atoms with Crippen LogP contribution in [0.25, 0.3) is 16.8 Å². The molecule has 0 aromatic heterocycles. The number of hydrogen-bond donors (Lipinski definition) is 2. The first kappa shape index (κ1) is 13.6. The van der Waals surface area contributed by atoms with Crippen LogP contribution in [0, 0.1) is 0 Å². The highest BCUT2D eigenvalue weighted by atomic mass is 16.5. The molecule has 1 saturated heterocycles. The second-order valence-electron chi connectivity index (χ2n) is 5.37. The minimum absolute atomic E-state index is 0.0680. The maximum Gasteiger partial charge on any atom is 0.262 e. The molecule has 1 aliphatic heterocycles. The zero-order chi connectivity index (χ0) is 14.8. The minimum atomic E-state index is -0.0680. The van der Waals surface area contributed by atoms with Gasteiger partial charge in [-0.3, -0.25) is 10.2 Å². The van der Waals surface area contributed by atoms with Gasteiger partial charge in [0.25, 0.3) is 5.91 Å². The van der Waals surface area contributed by atoms with Gasteiger partial charge in [0.2, 0.25) is 0 Å². The normalized spacial score (nSPS) is 16.7. The van der Waals surface area contributed by atoms with Gasteiger partial charge in [-0.15, -0.1) is 0 Å². The zero-order valence-electron chi connectivity index (χ0n) is 12.1. The van der Waals surface area contributed by atoms with Crippen molar-refractivity contribution in [3.8, 4) is 5.75 Å². The van der Waals surface area contributed by atoms with Crippen LogP contribution in [0.1, 0.15) is 19.4 Å². The molecule has 4 heteroatoms. The summed E-state index contributed by atoms with van der Waals surface area (Å²) in [5.41, 5.74) is 7.19. The third kappa shape index (κ3) is 2.90. The van der Waals surface area contributed by atoms with E-state index < -0.39 is 0 Å². The summed E-state index contributed by atoms with van der Waals surface area (Å²) in [4.78, 5) is 11.7. The number of rotatable bonds is 3. The standard InChI is InChI=1S/C17H18N2O2/c1-11(2)21-15-7-6-12-4-3-5-13(16(12)9-15)8-14-10-18-19-17(14)20/h3-9,11,18H,10H2,1-2H3,(H,19,20)/b14-8+. The molecular formula is C17H18N2O2. The van der Waals surface area contributed by atoms with Crippen LogP contribution in [-0.4, -0.2) is 18.6 Å². The monoisotopic (exact) mass is 282 g/mol. The molecule has 3 rings (SSSR count). The third-order valence-electron chi connectivity index (χ3n) is 3.36. The number of nitrogens with one attached hydrogen (secondary N) is 2. The van der Waals surface area contributed by atoms with E-state index in [1.54, 1.807) is 0 Å². The van der Waals surface area contributed by atoms with Gasteiger partial charge in [0, 0.05) is 12.1 Å². The lowest BCUT2D eigenvalue weighted by Crippen LogP contribution is -2.25. The van der Waals surface area contributed by atoms with Crippen molar-refractivity contribution >= 4 is 22.8 Å². The Balaban J connectivity index is 2.07. The molecule has 21 heavy (non-hydrogen) atoms. The van der Waals surface area contributed by atoms with E-state index in [1.807, 2.05) is 50.3 Å². The topological polar surface area (TPSA) is 50.4 Å². The van der Waals surface area contributed by atoms with E-state index >= 15 is 0 Å². The Hall–Kier alpha value is -2.33. The predicted molar refractivity (Wildman–Crippen MR) is 83.8 cm³/mol. The van der Waals surface area contributed by atoms with E-state index in [0.717, 1.165) is 27.7 Å². The van der Waals surface area contributed by atoms with E-state index in [-0.39, 0.29) is 12.0 Å². The highest BCUT2D eigenvalue weighted by Crippen LogP contribution is 2.26. The van der Waals surface area contributed by atoms with Crippen molar-refractivity contribution in [2.75, 3.05) is 6.54 Å². The van der Waals surface area contributed by atoms with Gasteiger partial charge in [-0.2, -0.15) is 0 Å². The molecular weight excluding hydrogens is 264 g/mol. The van der Waals surface area contributed by atoms with Crippen LogP contribution in [0.2, 0.25) is 0 Å². The third-order valence-corrected chi connectivity index (χ3v) is 3.36. The average Bonchev–Trinajstić information content (AvgIpc) is 2.84. The summed E-state index contributed by atoms with van der Waals surface area (Å²) in [6.45, 7) is 4.55. The molecule has 1 amide bonds. The summed E-state index contributed by atoms with van der Waals surface area (Å²) in [5, 5.41) is 2.22. The zero-order valence-corrected chi connectivity index (χ0v) is 12.1. The summed E-state index contributed by atoms with van der Waals surface area (Å²) in [7, 11) is 0. The van der Waals surface area contributed by atoms with Gasteiger partial charge in [0.1, 0.15) is 5.75 Å². The SMILES string of the molecule is CC(C)Oc1ccc2cccc(/C=C3\CNNC3=O)c2c1. The highest BCUT2D eigenvalue weighted by molar-refractivity contribution is 6.02. The Kier molecular flexibility index (Phi) is 3.62. The first-order chi connectivity index (χ1) is 10.1. The fourth-order valence-electron chi connectivity index (χ4n) is 2.43. The van der Waals surface area contributed by atoms with Crippen LogP contribution in [0.4, 0.5) is 0 Å². The summed E-state index contributed by atoms with van der Waals surface area (Å²) in [6.07, 6.45) is 2.06. The molecule has 1 aliphatic rings. The molecule has 0 unspecified atom stereocenters. The molecule has 0 bridgehead atoms. The van der Waals surface area contributed by atoms with E-state index in [2.05, 4.69) is 16.9 Å². The summed E-state index contributed by atoms with van der Waals surface area (Å²) >= 11 is 0. The Morgan fingerprint density at radius 2 is 2.10 bits per heavy atom. The van der Waals surface area contributed by atoms with Gasteiger partial charge in [0.05, 0.1) is 6.10 Å². The van der Waals surface area contributed by atoms with E-state index in [1.165, 1.54) is 0 Å². The van der Waals surface area contributed by atoms with Gasteiger partial charge in [-0.25, -0.2) is 5.43 Å². The molecule has 0 radical (unpaired) electrons. The Labute approximate surface area is 123 Å². The lowest BCUT2D eigenvalue weighted by Gasteiger charge is -2.11. The first-order valence-corrected chi connectivity index (χ1v) is 7.07. The molecule has 1 fully saturated rings. The lowest BCUT2D eigenvalue weighted by atomic mass is 10.0. The largest absolute Gasteiger partial charge is 0.491 e. The van der Waals surface area contributed by atoms with E-state index in [0.29, 0.717) is 6.54 Å². The van der Waals surface area contributed by atoms with Crippen LogP contribution in [0.5, 0.6) is 5.75 Å². The van der Waals surface area contributed by atoms with Crippen molar-refractivity contribution < 1.29 is 9.53 Å². The van der Waals surface area contributed by atoms with Gasteiger partial charge < -0.3 is 4.74 Å². The summed E-state index contributed by atoms with van der Waals surface area (Å²) in [6, 6.07) is 12.1. The number of fused-ring (bicyclic) bond motifs is 1. The van der Waals surface area contributed by atoms with Gasteiger partial charge >= 0.3 is 0 Å². The van der Waals surface area contributed by atoms with Crippen molar-refractivity contribution in [1.29, 1.82) is 0 Å². The van der Waals surface area contributed by atoms with Crippen LogP contribution in [0.15, 0.2) is 42.0 Å². The maximum absolute atomic E-state index is 11.7. The predicted octanol–water partition coefficient (Wildman–Crippen LogP) is 2.64. The molecule has 0 saturated carbocycles. The fourth-order valence-corrected chi connectivity index (χ4v) is 2.43. The molecule has 2 N–H and O–H groups in total. The van der Waals surface area contributed by atoms with Crippen LogP contribution < -0.4 is 15.6 Å². The quantitative estimate of drug-likeness (QED) is 0.851. The highest BCUT2D eigenvalue weighted by Gasteiger charge is 2.15. The number of amides is 1. The van der Waals surface area contributed by atoms with Crippen molar-refractivity contribution in [3.63, 3.8) is 0 Å². The van der Waals surface area contributed by atoms with Crippen molar-refractivity contribution in [3.05, 3.63) is 47.5 Å². The van der Waals surface area contributed by atoms with Gasteiger partial charge in [-0.05, 0) is 48.4 Å². The van der Waals surface area contributed by atoms with Crippen LogP contribution in [-0.2, 0) is 4.79 Å². The molecule has 2 aromatic rings. The Bertz CT molecular complexity index is 720. The smallest absolute Gasteiger partial charge is 0.262 e. The van der Waals surface area contributed by atoms with Gasteiger partial charge in [-0.1, -0.05) is 24.3 Å². The molecule has 0 atom stereocenters. The van der Waals surface area contributed by atoms with Crippen LogP contribution >= 0.6 is 0 Å². The Morgan fingerprint density at radius 3 is 2.81 bits per heavy atom. The van der Waals surface area contributed by atoms with Crippen molar-refractivity contribution in [2.45, 2.75) is 20.0 Å². The Morgan fingerprint density at radius 1 is 1.24 bits per heavy atom. The molecule has 0 aliphatic carbocycles. The number of carbonyl (C=O) groups excluding carboxylic acids is 1. The minimum Gasteiger partial charge on any atom is -0.491 e. The first-order valence-electron chi connectivity index (χ1n) is 7.07. The number of benzene rings is 2. The van der Waals surface area contributed by atoms with Crippen molar-refractivity contribution in [2.24, 2.45) is 0 Å². The van der Waals surface area contributed by atoms with E-state index in [9.17, 15) is 4.79 Å². The number of ether oxygens (including phenoxy) is 1. The number of hydrazine groups is 1. The second-order valence-corrected chi connectivity index (χ2v) is 5.37. The summed E-state index contributed by atoms with van der Waals surface area (Å²) in [5.74, 6) is 0.777. The average molecular weight is 282 g/mol.